The predicted octanol–water partition coefficient (Wildman–Crippen LogP) is 19.5. The van der Waals surface area contributed by atoms with E-state index in [0.717, 1.165) is 53.9 Å². The molecule has 1 saturated heterocycles. The van der Waals surface area contributed by atoms with E-state index >= 15 is 13.2 Å². The highest BCUT2D eigenvalue weighted by atomic mass is 19.4. The number of nitrogens with one attached hydrogen (secondary N) is 1. The zero-order valence-corrected chi connectivity index (χ0v) is 49.7. The molecular formula is C73H72F6N2O5. The third-order valence-electron chi connectivity index (χ3n) is 18.1. The van der Waals surface area contributed by atoms with Crippen LogP contribution >= 0.6 is 0 Å². The number of unbranched alkanes of at least 4 members (excludes halogenated alkanes) is 2. The smallest absolute Gasteiger partial charge is 0.416 e. The van der Waals surface area contributed by atoms with Crippen LogP contribution in [0.25, 0.3) is 50.2 Å². The molecule has 3 unspecified atom stereocenters. The van der Waals surface area contributed by atoms with Crippen molar-refractivity contribution in [3.8, 4) is 50.6 Å². The lowest BCUT2D eigenvalue weighted by atomic mass is 9.75. The molecule has 446 valence electrons. The number of benzene rings is 8. The summed E-state index contributed by atoms with van der Waals surface area (Å²) < 4.78 is 116. The van der Waals surface area contributed by atoms with Crippen molar-refractivity contribution in [3.63, 3.8) is 0 Å². The number of ether oxygens (including phenoxy) is 4. The van der Waals surface area contributed by atoms with Crippen molar-refractivity contribution in [1.82, 2.24) is 0 Å². The molecule has 1 aliphatic carbocycles. The normalized spacial score (nSPS) is 16.9. The molecule has 3 aliphatic rings. The molecule has 2 heterocycles. The zero-order chi connectivity index (χ0) is 60.7. The van der Waals surface area contributed by atoms with E-state index in [1.165, 1.54) is 51.2 Å². The highest BCUT2D eigenvalue weighted by Gasteiger charge is 2.50. The van der Waals surface area contributed by atoms with Crippen molar-refractivity contribution < 1.29 is 50.1 Å². The minimum Gasteiger partial charge on any atom is -0.497 e. The number of fused-ring (bicyclic) bond motifs is 8. The van der Waals surface area contributed by atoms with Crippen molar-refractivity contribution in [2.45, 2.75) is 109 Å². The Kier molecular flexibility index (Phi) is 16.7. The number of alkyl halides is 6. The first-order valence-corrected chi connectivity index (χ1v) is 29.9. The van der Waals surface area contributed by atoms with Crippen LogP contribution in [0, 0.1) is 5.92 Å². The fourth-order valence-electron chi connectivity index (χ4n) is 13.2. The summed E-state index contributed by atoms with van der Waals surface area (Å²) in [5.74, 6) is 2.20. The van der Waals surface area contributed by atoms with E-state index in [4.69, 9.17) is 18.9 Å². The van der Waals surface area contributed by atoms with Gasteiger partial charge in [0.25, 0.3) is 5.91 Å². The Morgan fingerprint density at radius 3 is 1.92 bits per heavy atom. The van der Waals surface area contributed by atoms with Gasteiger partial charge in [-0.05, 0) is 153 Å². The largest absolute Gasteiger partial charge is 0.497 e. The molecule has 1 N–H and O–H groups in total. The SMILES string of the molecule is CCCCCC(CC)CCC(C)c1ccc(-c2ccc(C(=O)Nc3ccc(-c4cc5c6c(c7c(c5cc4OC)OC(c4ccc(OC)cc4)(c4ccc(N5CCOCC5)cc4)C=C7)C(C)(C)c4c-6cc(C(F)(F)F)cc4C(F)(F)F)cc3)cc2)cc1. The Morgan fingerprint density at radius 2 is 1.31 bits per heavy atom. The number of carbonyl (C=O) groups excluding carboxylic acids is 1. The molecule has 0 saturated carbocycles. The van der Waals surface area contributed by atoms with Gasteiger partial charge in [-0.25, -0.2) is 0 Å². The Hall–Kier alpha value is -8.03. The Bertz CT molecular complexity index is 3790. The summed E-state index contributed by atoms with van der Waals surface area (Å²) in [5, 5.41) is 3.77. The molecule has 2 aliphatic heterocycles. The van der Waals surface area contributed by atoms with Crippen molar-refractivity contribution in [1.29, 1.82) is 0 Å². The molecule has 1 amide bonds. The fourth-order valence-corrected chi connectivity index (χ4v) is 13.2. The maximum atomic E-state index is 15.4. The number of anilines is 2. The van der Waals surface area contributed by atoms with Gasteiger partial charge in [0.05, 0.1) is 38.6 Å². The van der Waals surface area contributed by atoms with E-state index in [1.54, 1.807) is 69.5 Å². The first kappa shape index (κ1) is 59.7. The molecular weight excluding hydrogens is 1100 g/mol. The standard InChI is InChI=1S/C73H72F6N2O5/c1-8-10-11-12-46(9-2)14-13-45(3)47-15-17-48(18-16-47)49-19-21-51(22-20-49)69(82)80-55-29-23-50(24-30-55)59-43-60-61(44-64(59)84-7)68-58(67-65(60)62-41-54(72(74,75)76)42-63(73(77,78)79)66(62)70(67,4)5)35-36-71(86-68,53-27-33-57(83-6)34-28-53)52-25-31-56(32-26-52)81-37-39-85-40-38-81/h15-36,41-46H,8-14,37-40H2,1-7H3,(H,80,82). The summed E-state index contributed by atoms with van der Waals surface area (Å²) in [5.41, 5.74) is 2.89. The predicted molar refractivity (Wildman–Crippen MR) is 332 cm³/mol. The minimum atomic E-state index is -5.14. The number of carbonyl (C=O) groups is 1. The number of halogens is 6. The lowest BCUT2D eigenvalue weighted by molar-refractivity contribution is -0.143. The first-order valence-electron chi connectivity index (χ1n) is 29.9. The molecule has 0 bridgehead atoms. The molecule has 13 heteroatoms. The van der Waals surface area contributed by atoms with Gasteiger partial charge in [-0.3, -0.25) is 4.79 Å². The summed E-state index contributed by atoms with van der Waals surface area (Å²) in [6, 6.07) is 43.3. The van der Waals surface area contributed by atoms with E-state index in [-0.39, 0.29) is 28.7 Å². The van der Waals surface area contributed by atoms with Crippen LogP contribution in [0.15, 0.2) is 152 Å². The maximum absolute atomic E-state index is 15.4. The molecule has 7 nitrogen and oxygen atoms in total. The van der Waals surface area contributed by atoms with Gasteiger partial charge < -0.3 is 29.2 Å². The van der Waals surface area contributed by atoms with Crippen LogP contribution in [0.5, 0.6) is 17.2 Å². The van der Waals surface area contributed by atoms with Crippen LogP contribution in [-0.4, -0.2) is 46.4 Å². The van der Waals surface area contributed by atoms with Gasteiger partial charge in [0.1, 0.15) is 17.2 Å². The molecule has 1 fully saturated rings. The van der Waals surface area contributed by atoms with E-state index in [2.05, 4.69) is 55.3 Å². The number of rotatable bonds is 18. The zero-order valence-electron chi connectivity index (χ0n) is 49.7. The molecule has 8 aromatic carbocycles. The van der Waals surface area contributed by atoms with Crippen LogP contribution in [0.4, 0.5) is 37.7 Å². The summed E-state index contributed by atoms with van der Waals surface area (Å²) in [6.07, 6.45) is 2.25. The Morgan fingerprint density at radius 1 is 0.674 bits per heavy atom. The Labute approximate surface area is 500 Å². The summed E-state index contributed by atoms with van der Waals surface area (Å²) in [6.45, 7) is 12.7. The van der Waals surface area contributed by atoms with Gasteiger partial charge in [0.2, 0.25) is 0 Å². The monoisotopic (exact) mass is 1170 g/mol. The summed E-state index contributed by atoms with van der Waals surface area (Å²) >= 11 is 0. The Balaban J connectivity index is 0.953. The van der Waals surface area contributed by atoms with Gasteiger partial charge in [-0.2, -0.15) is 26.3 Å². The van der Waals surface area contributed by atoms with Crippen LogP contribution in [0.3, 0.4) is 0 Å². The highest BCUT2D eigenvalue weighted by molar-refractivity contribution is 6.11. The average Bonchev–Trinajstić information content (AvgIpc) is 1.48. The van der Waals surface area contributed by atoms with Gasteiger partial charge in [-0.1, -0.05) is 146 Å². The topological polar surface area (TPSA) is 69.3 Å². The highest BCUT2D eigenvalue weighted by Crippen LogP contribution is 2.62. The summed E-state index contributed by atoms with van der Waals surface area (Å²) in [4.78, 5) is 16.0. The van der Waals surface area contributed by atoms with E-state index in [0.29, 0.717) is 86.2 Å². The molecule has 0 aromatic heterocycles. The molecule has 86 heavy (non-hydrogen) atoms. The van der Waals surface area contributed by atoms with E-state index in [1.807, 2.05) is 72.8 Å². The number of amides is 1. The number of methoxy groups -OCH3 is 2. The fraction of sp³-hybridized carbons (Fsp3) is 0.329. The van der Waals surface area contributed by atoms with Crippen LogP contribution in [0.2, 0.25) is 0 Å². The van der Waals surface area contributed by atoms with Crippen molar-refractivity contribution in [2.24, 2.45) is 5.92 Å². The lowest BCUT2D eigenvalue weighted by Gasteiger charge is -2.39. The van der Waals surface area contributed by atoms with E-state index in [9.17, 15) is 18.0 Å². The van der Waals surface area contributed by atoms with Gasteiger partial charge >= 0.3 is 12.4 Å². The summed E-state index contributed by atoms with van der Waals surface area (Å²) in [7, 11) is 3.07. The number of hydrogen-bond acceptors (Lipinski definition) is 6. The molecule has 8 aromatic rings. The van der Waals surface area contributed by atoms with Crippen LogP contribution < -0.4 is 24.4 Å². The van der Waals surface area contributed by atoms with Crippen molar-refractivity contribution in [3.05, 3.63) is 202 Å². The maximum Gasteiger partial charge on any atom is 0.416 e. The average molecular weight is 1170 g/mol. The first-order chi connectivity index (χ1) is 41.3. The van der Waals surface area contributed by atoms with Crippen LogP contribution in [0.1, 0.15) is 140 Å². The minimum absolute atomic E-state index is 0.173. The lowest BCUT2D eigenvalue weighted by Crippen LogP contribution is -2.37. The molecule has 3 atom stereocenters. The third kappa shape index (κ3) is 11.5. The second-order valence-corrected chi connectivity index (χ2v) is 23.7. The molecule has 11 rings (SSSR count). The van der Waals surface area contributed by atoms with Crippen molar-refractivity contribution in [2.75, 3.05) is 50.7 Å². The number of morpholine rings is 1. The molecule has 0 radical (unpaired) electrons. The van der Waals surface area contributed by atoms with Crippen LogP contribution in [-0.2, 0) is 28.1 Å². The van der Waals surface area contributed by atoms with Gasteiger partial charge in [0.15, 0.2) is 5.60 Å². The second-order valence-electron chi connectivity index (χ2n) is 23.7. The quantitative estimate of drug-likeness (QED) is 0.0682. The van der Waals surface area contributed by atoms with Gasteiger partial charge in [0, 0.05) is 63.1 Å². The van der Waals surface area contributed by atoms with Crippen molar-refractivity contribution >= 4 is 34.1 Å². The second kappa shape index (κ2) is 24.0. The molecule has 0 spiro atoms. The van der Waals surface area contributed by atoms with E-state index < -0.39 is 34.5 Å². The number of hydrogen-bond donors (Lipinski definition) is 1. The van der Waals surface area contributed by atoms with Gasteiger partial charge in [-0.15, -0.1) is 0 Å². The number of nitrogens with zero attached hydrogens (tertiary/aromatic N) is 1. The third-order valence-corrected chi connectivity index (χ3v) is 18.1.